The molecule has 3 atom stereocenters. The smallest absolute Gasteiger partial charge is 0.407 e. The van der Waals surface area contributed by atoms with Gasteiger partial charge < -0.3 is 25.5 Å². The van der Waals surface area contributed by atoms with Crippen molar-refractivity contribution in [2.24, 2.45) is 11.8 Å². The standard InChI is InChI=1S/C26H26N4O5/c31-24(30-23(25(32)33)10-16-12-27-14-29-16)21-9-15(21)11-28-26(34)35-13-22-19-7-3-1-5-17(19)18-6-2-4-8-20(18)22/h1-8,12,14-15,21-23H,9-11,13H2,(H,27,29)(H,28,34)(H,30,31)(H,32,33)/t15-,21-,23-/m1/s1. The van der Waals surface area contributed by atoms with E-state index >= 15 is 0 Å². The van der Waals surface area contributed by atoms with Gasteiger partial charge in [0, 0.05) is 36.7 Å². The van der Waals surface area contributed by atoms with Crippen LogP contribution in [0.15, 0.2) is 61.1 Å². The molecule has 1 saturated carbocycles. The molecule has 1 heterocycles. The topological polar surface area (TPSA) is 133 Å². The molecule has 4 N–H and O–H groups in total. The number of hydrogen-bond donors (Lipinski definition) is 4. The van der Waals surface area contributed by atoms with Crippen molar-refractivity contribution in [3.63, 3.8) is 0 Å². The van der Waals surface area contributed by atoms with Gasteiger partial charge in [0.2, 0.25) is 5.91 Å². The summed E-state index contributed by atoms with van der Waals surface area (Å²) in [4.78, 5) is 43.1. The number of aromatic nitrogens is 2. The number of amides is 2. The number of carboxylic acids is 1. The largest absolute Gasteiger partial charge is 0.480 e. The maximum absolute atomic E-state index is 12.5. The number of carbonyl (C=O) groups excluding carboxylic acids is 2. The van der Waals surface area contributed by atoms with Crippen LogP contribution in [-0.4, -0.2) is 52.2 Å². The van der Waals surface area contributed by atoms with Crippen molar-refractivity contribution in [1.29, 1.82) is 0 Å². The Labute approximate surface area is 201 Å². The van der Waals surface area contributed by atoms with E-state index in [2.05, 4.69) is 44.9 Å². The molecule has 0 unspecified atom stereocenters. The number of H-pyrrole nitrogens is 1. The Hall–Kier alpha value is -4.14. The number of ether oxygens (including phenoxy) is 1. The number of nitrogens with zero attached hydrogens (tertiary/aromatic N) is 1. The molecular weight excluding hydrogens is 448 g/mol. The Kier molecular flexibility index (Phi) is 6.22. The second-order valence-corrected chi connectivity index (χ2v) is 8.99. The second kappa shape index (κ2) is 9.61. The molecule has 2 amide bonds. The predicted molar refractivity (Wildman–Crippen MR) is 127 cm³/mol. The summed E-state index contributed by atoms with van der Waals surface area (Å²) in [6, 6.07) is 15.2. The molecule has 9 nitrogen and oxygen atoms in total. The van der Waals surface area contributed by atoms with Crippen molar-refractivity contribution < 1.29 is 24.2 Å². The highest BCUT2D eigenvalue weighted by Gasteiger charge is 2.44. The van der Waals surface area contributed by atoms with Crippen molar-refractivity contribution in [3.8, 4) is 11.1 Å². The molecule has 2 aliphatic carbocycles. The molecule has 3 aromatic rings. The molecule has 1 fully saturated rings. The van der Waals surface area contributed by atoms with Crippen LogP contribution in [0.5, 0.6) is 0 Å². The van der Waals surface area contributed by atoms with Crippen molar-refractivity contribution >= 4 is 18.0 Å². The van der Waals surface area contributed by atoms with Gasteiger partial charge in [0.1, 0.15) is 12.6 Å². The average molecular weight is 475 g/mol. The molecule has 0 radical (unpaired) electrons. The molecule has 180 valence electrons. The van der Waals surface area contributed by atoms with Crippen molar-refractivity contribution in [3.05, 3.63) is 77.9 Å². The fourth-order valence-corrected chi connectivity index (χ4v) is 4.75. The number of carbonyl (C=O) groups is 3. The van der Waals surface area contributed by atoms with Crippen LogP contribution in [0, 0.1) is 11.8 Å². The lowest BCUT2D eigenvalue weighted by Gasteiger charge is -2.15. The van der Waals surface area contributed by atoms with Gasteiger partial charge in [0.25, 0.3) is 0 Å². The molecule has 2 aromatic carbocycles. The van der Waals surface area contributed by atoms with E-state index in [-0.39, 0.29) is 36.7 Å². The van der Waals surface area contributed by atoms with E-state index in [0.717, 1.165) is 22.3 Å². The normalized spacial score (nSPS) is 18.7. The number of imidazole rings is 1. The zero-order valence-electron chi connectivity index (χ0n) is 18.9. The average Bonchev–Trinajstić information content (AvgIpc) is 3.32. The Balaban J connectivity index is 1.09. The Bertz CT molecular complexity index is 1200. The highest BCUT2D eigenvalue weighted by molar-refractivity contribution is 5.87. The third-order valence-corrected chi connectivity index (χ3v) is 6.71. The lowest BCUT2D eigenvalue weighted by Crippen LogP contribution is -2.43. The van der Waals surface area contributed by atoms with E-state index in [1.54, 1.807) is 0 Å². The summed E-state index contributed by atoms with van der Waals surface area (Å²) in [6.45, 7) is 0.523. The molecule has 0 bridgehead atoms. The van der Waals surface area contributed by atoms with E-state index in [9.17, 15) is 19.5 Å². The zero-order chi connectivity index (χ0) is 24.4. The summed E-state index contributed by atoms with van der Waals surface area (Å²) in [7, 11) is 0. The lowest BCUT2D eigenvalue weighted by atomic mass is 9.98. The summed E-state index contributed by atoms with van der Waals surface area (Å²) in [5.41, 5.74) is 5.24. The number of alkyl carbamates (subject to hydrolysis) is 1. The molecule has 1 aromatic heterocycles. The first-order valence-electron chi connectivity index (χ1n) is 11.6. The van der Waals surface area contributed by atoms with Gasteiger partial charge in [0.05, 0.1) is 6.33 Å². The first-order chi connectivity index (χ1) is 17.0. The fourth-order valence-electron chi connectivity index (χ4n) is 4.75. The number of carboxylic acid groups (broad SMARTS) is 1. The molecule has 0 saturated heterocycles. The Morgan fingerprint density at radius 3 is 2.40 bits per heavy atom. The highest BCUT2D eigenvalue weighted by Crippen LogP contribution is 2.44. The van der Waals surface area contributed by atoms with Gasteiger partial charge >= 0.3 is 12.1 Å². The highest BCUT2D eigenvalue weighted by atomic mass is 16.5. The van der Waals surface area contributed by atoms with Gasteiger partial charge in [0.15, 0.2) is 0 Å². The Morgan fingerprint density at radius 1 is 1.09 bits per heavy atom. The SMILES string of the molecule is O=C(NC[C@H]1C[C@H]1C(=O)N[C@H](Cc1cnc[nH]1)C(=O)O)OCC1c2ccccc2-c2ccccc21. The van der Waals surface area contributed by atoms with Gasteiger partial charge in [-0.15, -0.1) is 0 Å². The van der Waals surface area contributed by atoms with Gasteiger partial charge in [-0.2, -0.15) is 0 Å². The van der Waals surface area contributed by atoms with Crippen LogP contribution < -0.4 is 10.6 Å². The van der Waals surface area contributed by atoms with Gasteiger partial charge in [-0.05, 0) is 34.6 Å². The molecular formula is C26H26N4O5. The van der Waals surface area contributed by atoms with Crippen LogP contribution in [0.25, 0.3) is 11.1 Å². The van der Waals surface area contributed by atoms with Gasteiger partial charge in [-0.3, -0.25) is 4.79 Å². The summed E-state index contributed by atoms with van der Waals surface area (Å²) >= 11 is 0. The minimum atomic E-state index is -1.11. The number of aliphatic carboxylic acids is 1. The van der Waals surface area contributed by atoms with Crippen LogP contribution in [0.4, 0.5) is 4.79 Å². The van der Waals surface area contributed by atoms with Gasteiger partial charge in [-0.1, -0.05) is 48.5 Å². The first-order valence-corrected chi connectivity index (χ1v) is 11.6. The molecule has 5 rings (SSSR count). The van der Waals surface area contributed by atoms with E-state index in [0.29, 0.717) is 18.7 Å². The lowest BCUT2D eigenvalue weighted by molar-refractivity contribution is -0.142. The zero-order valence-corrected chi connectivity index (χ0v) is 18.9. The van der Waals surface area contributed by atoms with Crippen LogP contribution in [0.2, 0.25) is 0 Å². The van der Waals surface area contributed by atoms with E-state index in [1.165, 1.54) is 12.5 Å². The second-order valence-electron chi connectivity index (χ2n) is 8.99. The number of fused-ring (bicyclic) bond motifs is 3. The first kappa shape index (κ1) is 22.6. The summed E-state index contributed by atoms with van der Waals surface area (Å²) in [6.07, 6.45) is 3.17. The maximum atomic E-state index is 12.5. The number of rotatable bonds is 9. The molecule has 9 heteroatoms. The minimum Gasteiger partial charge on any atom is -0.480 e. The number of aromatic amines is 1. The fraction of sp³-hybridized carbons (Fsp3) is 0.308. The van der Waals surface area contributed by atoms with E-state index < -0.39 is 18.1 Å². The minimum absolute atomic E-state index is 0.0181. The van der Waals surface area contributed by atoms with Crippen LogP contribution in [-0.2, 0) is 20.7 Å². The quantitative estimate of drug-likeness (QED) is 0.377. The predicted octanol–water partition coefficient (Wildman–Crippen LogP) is 2.70. The summed E-state index contributed by atoms with van der Waals surface area (Å²) in [5, 5.41) is 14.7. The van der Waals surface area contributed by atoms with E-state index in [4.69, 9.17) is 4.74 Å². The van der Waals surface area contributed by atoms with Gasteiger partial charge in [-0.25, -0.2) is 14.6 Å². The molecule has 0 spiro atoms. The summed E-state index contributed by atoms with van der Waals surface area (Å²) < 4.78 is 5.53. The monoisotopic (exact) mass is 474 g/mol. The third kappa shape index (κ3) is 4.89. The third-order valence-electron chi connectivity index (χ3n) is 6.71. The van der Waals surface area contributed by atoms with Crippen molar-refractivity contribution in [1.82, 2.24) is 20.6 Å². The number of nitrogens with one attached hydrogen (secondary N) is 3. The molecule has 35 heavy (non-hydrogen) atoms. The number of benzene rings is 2. The summed E-state index contributed by atoms with van der Waals surface area (Å²) in [5.74, 6) is -1.82. The van der Waals surface area contributed by atoms with Crippen LogP contribution in [0.1, 0.15) is 29.2 Å². The van der Waals surface area contributed by atoms with E-state index in [1.807, 2.05) is 24.3 Å². The van der Waals surface area contributed by atoms with Crippen LogP contribution in [0.3, 0.4) is 0 Å². The molecule has 0 aliphatic heterocycles. The van der Waals surface area contributed by atoms with Crippen molar-refractivity contribution in [2.45, 2.75) is 24.8 Å². The van der Waals surface area contributed by atoms with Crippen molar-refractivity contribution in [2.75, 3.05) is 13.2 Å². The number of hydrogen-bond acceptors (Lipinski definition) is 5. The Morgan fingerprint density at radius 2 is 1.77 bits per heavy atom. The molecule has 2 aliphatic rings. The maximum Gasteiger partial charge on any atom is 0.407 e. The van der Waals surface area contributed by atoms with Crippen LogP contribution >= 0.6 is 0 Å².